The SMILES string of the molecule is c1ccc(-c2nc(-c3ccc(-c4cccc5c4sc4ccccc45)cc3)nc(-c3ccc4oc5c6ccccc6nc(-c6ccccc6)c5c4c3)n2)cc1. The summed E-state index contributed by atoms with van der Waals surface area (Å²) in [5, 5.41) is 5.49. The van der Waals surface area contributed by atoms with E-state index >= 15 is 0 Å². The zero-order chi connectivity index (χ0) is 35.6. The van der Waals surface area contributed by atoms with Gasteiger partial charge in [-0.05, 0) is 47.5 Å². The van der Waals surface area contributed by atoms with Crippen LogP contribution in [-0.2, 0) is 0 Å². The van der Waals surface area contributed by atoms with Crippen molar-refractivity contribution in [3.05, 3.63) is 170 Å². The Hall–Kier alpha value is -7.02. The van der Waals surface area contributed by atoms with E-state index < -0.39 is 0 Å². The van der Waals surface area contributed by atoms with Gasteiger partial charge in [-0.2, -0.15) is 0 Å². The average Bonchev–Trinajstić information content (AvgIpc) is 3.83. The number of aromatic nitrogens is 4. The van der Waals surface area contributed by atoms with Crippen LogP contribution in [0.15, 0.2) is 174 Å². The van der Waals surface area contributed by atoms with Gasteiger partial charge in [0, 0.05) is 53.2 Å². The highest BCUT2D eigenvalue weighted by molar-refractivity contribution is 7.26. The van der Waals surface area contributed by atoms with E-state index in [0.29, 0.717) is 17.5 Å². The zero-order valence-corrected chi connectivity index (χ0v) is 29.6. The maximum Gasteiger partial charge on any atom is 0.164 e. The minimum absolute atomic E-state index is 0.587. The van der Waals surface area contributed by atoms with Crippen LogP contribution < -0.4 is 0 Å². The van der Waals surface area contributed by atoms with Crippen LogP contribution in [0, 0.1) is 0 Å². The molecule has 11 aromatic rings. The van der Waals surface area contributed by atoms with Crippen LogP contribution in [0.25, 0.3) is 110 Å². The molecular formula is C48H28N4OS. The van der Waals surface area contributed by atoms with E-state index in [0.717, 1.165) is 66.4 Å². The lowest BCUT2D eigenvalue weighted by molar-refractivity contribution is 0.672. The Morgan fingerprint density at radius 3 is 1.78 bits per heavy atom. The number of hydrogen-bond donors (Lipinski definition) is 0. The number of furan rings is 1. The van der Waals surface area contributed by atoms with Gasteiger partial charge in [-0.25, -0.2) is 19.9 Å². The lowest BCUT2D eigenvalue weighted by atomic mass is 10.0. The molecule has 0 amide bonds. The van der Waals surface area contributed by atoms with E-state index in [-0.39, 0.29) is 0 Å². The Morgan fingerprint density at radius 2 is 1.00 bits per heavy atom. The van der Waals surface area contributed by atoms with Crippen LogP contribution in [0.4, 0.5) is 0 Å². The first kappa shape index (κ1) is 30.6. The van der Waals surface area contributed by atoms with Gasteiger partial charge < -0.3 is 4.42 Å². The third kappa shape index (κ3) is 4.99. The lowest BCUT2D eigenvalue weighted by Gasteiger charge is -2.10. The largest absolute Gasteiger partial charge is 0.455 e. The van der Waals surface area contributed by atoms with Crippen molar-refractivity contribution in [3.63, 3.8) is 0 Å². The van der Waals surface area contributed by atoms with Crippen LogP contribution in [0.5, 0.6) is 0 Å². The van der Waals surface area contributed by atoms with E-state index in [1.54, 1.807) is 0 Å². The lowest BCUT2D eigenvalue weighted by Crippen LogP contribution is -2.00. The minimum Gasteiger partial charge on any atom is -0.455 e. The first-order valence-corrected chi connectivity index (χ1v) is 18.7. The summed E-state index contributed by atoms with van der Waals surface area (Å²) in [5.41, 5.74) is 9.49. The minimum atomic E-state index is 0.587. The number of pyridine rings is 1. The number of fused-ring (bicyclic) bond motifs is 8. The number of para-hydroxylation sites is 1. The molecular weight excluding hydrogens is 681 g/mol. The topological polar surface area (TPSA) is 64.7 Å². The van der Waals surface area contributed by atoms with E-state index in [1.165, 1.54) is 25.7 Å². The highest BCUT2D eigenvalue weighted by Gasteiger charge is 2.20. The second-order valence-electron chi connectivity index (χ2n) is 13.4. The highest BCUT2D eigenvalue weighted by Crippen LogP contribution is 2.42. The summed E-state index contributed by atoms with van der Waals surface area (Å²) >= 11 is 1.84. The normalized spacial score (nSPS) is 11.7. The van der Waals surface area contributed by atoms with Gasteiger partial charge in [0.1, 0.15) is 11.2 Å². The van der Waals surface area contributed by atoms with Gasteiger partial charge in [0.25, 0.3) is 0 Å². The van der Waals surface area contributed by atoms with Gasteiger partial charge in [0.2, 0.25) is 0 Å². The van der Waals surface area contributed by atoms with Gasteiger partial charge in [-0.1, -0.05) is 133 Å². The van der Waals surface area contributed by atoms with Gasteiger partial charge in [0.15, 0.2) is 17.5 Å². The second-order valence-corrected chi connectivity index (χ2v) is 14.4. The molecule has 11 rings (SSSR count). The second kappa shape index (κ2) is 12.3. The van der Waals surface area contributed by atoms with Crippen LogP contribution in [0.3, 0.4) is 0 Å². The van der Waals surface area contributed by atoms with Crippen molar-refractivity contribution in [2.75, 3.05) is 0 Å². The Balaban J connectivity index is 1.07. The first-order valence-electron chi connectivity index (χ1n) is 17.9. The van der Waals surface area contributed by atoms with Gasteiger partial charge in [0.05, 0.1) is 16.6 Å². The van der Waals surface area contributed by atoms with Crippen molar-refractivity contribution < 1.29 is 4.42 Å². The zero-order valence-electron chi connectivity index (χ0n) is 28.8. The number of rotatable bonds is 5. The van der Waals surface area contributed by atoms with Crippen LogP contribution >= 0.6 is 11.3 Å². The highest BCUT2D eigenvalue weighted by atomic mass is 32.1. The molecule has 5 nitrogen and oxygen atoms in total. The Bertz CT molecular complexity index is 3210. The van der Waals surface area contributed by atoms with Crippen molar-refractivity contribution in [2.45, 2.75) is 0 Å². The molecule has 0 saturated heterocycles. The van der Waals surface area contributed by atoms with Crippen LogP contribution in [0.2, 0.25) is 0 Å². The summed E-state index contributed by atoms with van der Waals surface area (Å²) in [7, 11) is 0. The fraction of sp³-hybridized carbons (Fsp3) is 0. The van der Waals surface area contributed by atoms with Crippen molar-refractivity contribution in [3.8, 4) is 56.5 Å². The van der Waals surface area contributed by atoms with Crippen molar-refractivity contribution >= 4 is 64.4 Å². The third-order valence-electron chi connectivity index (χ3n) is 10.1. The number of benzene rings is 7. The summed E-state index contributed by atoms with van der Waals surface area (Å²) in [5.74, 6) is 1.81. The Kier molecular flexibility index (Phi) is 6.97. The summed E-state index contributed by atoms with van der Waals surface area (Å²) in [4.78, 5) is 20.4. The van der Waals surface area contributed by atoms with E-state index in [2.05, 4.69) is 91.0 Å². The molecule has 0 N–H and O–H groups in total. The molecule has 0 atom stereocenters. The molecule has 4 heterocycles. The predicted octanol–water partition coefficient (Wildman–Crippen LogP) is 13.0. The summed E-state index contributed by atoms with van der Waals surface area (Å²) in [6.07, 6.45) is 0. The summed E-state index contributed by atoms with van der Waals surface area (Å²) < 4.78 is 9.19. The molecule has 0 radical (unpaired) electrons. The fourth-order valence-electron chi connectivity index (χ4n) is 7.53. The third-order valence-corrected chi connectivity index (χ3v) is 11.4. The van der Waals surface area contributed by atoms with Crippen molar-refractivity contribution in [1.29, 1.82) is 0 Å². The van der Waals surface area contributed by atoms with Crippen molar-refractivity contribution in [2.24, 2.45) is 0 Å². The monoisotopic (exact) mass is 708 g/mol. The first-order chi connectivity index (χ1) is 26.7. The molecule has 0 saturated carbocycles. The molecule has 0 aliphatic heterocycles. The number of thiophene rings is 1. The predicted molar refractivity (Wildman–Crippen MR) is 222 cm³/mol. The fourth-order valence-corrected chi connectivity index (χ4v) is 8.77. The maximum atomic E-state index is 6.60. The Morgan fingerprint density at radius 1 is 0.407 bits per heavy atom. The Labute approximate surface area is 313 Å². The molecule has 54 heavy (non-hydrogen) atoms. The van der Waals surface area contributed by atoms with E-state index in [1.807, 2.05) is 90.2 Å². The summed E-state index contributed by atoms with van der Waals surface area (Å²) in [6.45, 7) is 0. The quantitative estimate of drug-likeness (QED) is 0.178. The van der Waals surface area contributed by atoms with Crippen LogP contribution in [0.1, 0.15) is 0 Å². The molecule has 0 fully saturated rings. The molecule has 4 aromatic heterocycles. The van der Waals surface area contributed by atoms with E-state index in [4.69, 9.17) is 24.4 Å². The van der Waals surface area contributed by atoms with Gasteiger partial charge in [-0.15, -0.1) is 11.3 Å². The summed E-state index contributed by atoms with van der Waals surface area (Å²) in [6, 6.07) is 58.5. The molecule has 0 spiro atoms. The maximum absolute atomic E-state index is 6.60. The van der Waals surface area contributed by atoms with E-state index in [9.17, 15) is 0 Å². The molecule has 6 heteroatoms. The molecule has 0 bridgehead atoms. The molecule has 252 valence electrons. The molecule has 0 aliphatic carbocycles. The molecule has 0 aliphatic rings. The van der Waals surface area contributed by atoms with Gasteiger partial charge in [-0.3, -0.25) is 0 Å². The molecule has 7 aromatic carbocycles. The number of hydrogen-bond acceptors (Lipinski definition) is 6. The smallest absolute Gasteiger partial charge is 0.164 e. The van der Waals surface area contributed by atoms with Crippen LogP contribution in [-0.4, -0.2) is 19.9 Å². The van der Waals surface area contributed by atoms with Crippen molar-refractivity contribution in [1.82, 2.24) is 19.9 Å². The number of nitrogens with zero attached hydrogens (tertiary/aromatic N) is 4. The van der Waals surface area contributed by atoms with Gasteiger partial charge >= 0.3 is 0 Å². The average molecular weight is 709 g/mol. The standard InChI is InChI=1S/C48H28N4OS/c1-3-12-30(13-4-1)43-42-38-28-33(26-27-40(38)53-44(42)37-17-7-9-20-39(37)49-43)48-51-46(31-14-5-2-6-15-31)50-47(52-48)32-24-22-29(23-25-32)34-18-11-19-36-35-16-8-10-21-41(35)54-45(34)36/h1-28H. The molecule has 0 unspecified atom stereocenters.